The number of allylic oxidation sites excluding steroid dienone is 2. The van der Waals surface area contributed by atoms with Gasteiger partial charge in [-0.25, -0.2) is 19.3 Å². The number of aromatic nitrogens is 5. The van der Waals surface area contributed by atoms with Crippen molar-refractivity contribution in [3.05, 3.63) is 76.3 Å². The molecule has 3 amide bonds. The molecule has 2 aliphatic heterocycles. The zero-order valence-corrected chi connectivity index (χ0v) is 28.6. The van der Waals surface area contributed by atoms with Crippen molar-refractivity contribution in [2.24, 2.45) is 5.41 Å². The largest absolute Gasteiger partial charge is 0.355 e. The van der Waals surface area contributed by atoms with Gasteiger partial charge in [0.2, 0.25) is 17.7 Å². The van der Waals surface area contributed by atoms with E-state index in [-0.39, 0.29) is 46.3 Å². The lowest BCUT2D eigenvalue weighted by atomic mass is 9.98. The number of carbonyl (C=O) groups excluding carboxylic acids is 4. The van der Waals surface area contributed by atoms with Gasteiger partial charge in [-0.3, -0.25) is 23.9 Å². The maximum atomic E-state index is 14.3. The first-order valence-corrected chi connectivity index (χ1v) is 17.0. The Balaban J connectivity index is 1.29. The van der Waals surface area contributed by atoms with Crippen LogP contribution in [0.2, 0.25) is 0 Å². The number of hydrogen-bond donors (Lipinski definition) is 2. The van der Waals surface area contributed by atoms with Crippen molar-refractivity contribution in [3.63, 3.8) is 0 Å². The fourth-order valence-electron chi connectivity index (χ4n) is 7.09. The molecule has 252 valence electrons. The lowest BCUT2D eigenvalue weighted by Gasteiger charge is -2.27. The van der Waals surface area contributed by atoms with Gasteiger partial charge in [0.15, 0.2) is 11.6 Å². The molecule has 5 heterocycles. The minimum Gasteiger partial charge on any atom is -0.355 e. The van der Waals surface area contributed by atoms with Gasteiger partial charge < -0.3 is 15.5 Å². The topological polar surface area (TPSA) is 152 Å². The number of piperidine rings is 1. The molecule has 3 aliphatic rings. The smallest absolute Gasteiger partial charge is 0.248 e. The van der Waals surface area contributed by atoms with Crippen molar-refractivity contribution in [1.82, 2.24) is 34.9 Å². The molecule has 0 spiro atoms. The summed E-state index contributed by atoms with van der Waals surface area (Å²) >= 11 is 3.05. The molecule has 3 aromatic heterocycles. The Morgan fingerprint density at radius 1 is 1.10 bits per heavy atom. The predicted octanol–water partition coefficient (Wildman–Crippen LogP) is 4.70. The Morgan fingerprint density at radius 3 is 2.65 bits per heavy atom. The quantitative estimate of drug-likeness (QED) is 0.174. The summed E-state index contributed by atoms with van der Waals surface area (Å²) in [5, 5.41) is 11.1. The van der Waals surface area contributed by atoms with Crippen molar-refractivity contribution in [3.8, 4) is 11.1 Å². The third-order valence-corrected chi connectivity index (χ3v) is 10.2. The van der Waals surface area contributed by atoms with E-state index in [0.717, 1.165) is 16.7 Å². The van der Waals surface area contributed by atoms with Crippen molar-refractivity contribution in [1.29, 1.82) is 0 Å². The summed E-state index contributed by atoms with van der Waals surface area (Å²) in [7, 11) is 0. The summed E-state index contributed by atoms with van der Waals surface area (Å²) in [6.07, 6.45) is 10.7. The lowest BCUT2D eigenvalue weighted by molar-refractivity contribution is -0.138. The highest BCUT2D eigenvalue weighted by molar-refractivity contribution is 9.10. The number of hydrogen-bond acceptors (Lipinski definition) is 8. The number of benzene rings is 1. The van der Waals surface area contributed by atoms with Crippen molar-refractivity contribution in [2.45, 2.75) is 71.0 Å². The minimum absolute atomic E-state index is 0.0459. The van der Waals surface area contributed by atoms with Gasteiger partial charge in [-0.1, -0.05) is 12.2 Å². The lowest BCUT2D eigenvalue weighted by Crippen LogP contribution is -2.46. The van der Waals surface area contributed by atoms with Crippen molar-refractivity contribution < 1.29 is 23.6 Å². The molecule has 2 N–H and O–H groups in total. The van der Waals surface area contributed by atoms with E-state index in [1.165, 1.54) is 19.1 Å². The minimum atomic E-state index is -0.864. The summed E-state index contributed by atoms with van der Waals surface area (Å²) in [5.41, 5.74) is 2.88. The van der Waals surface area contributed by atoms with E-state index in [4.69, 9.17) is 0 Å². The van der Waals surface area contributed by atoms with Gasteiger partial charge in [0.05, 0.1) is 5.52 Å². The van der Waals surface area contributed by atoms with Gasteiger partial charge in [-0.2, -0.15) is 5.10 Å². The third kappa shape index (κ3) is 6.36. The van der Waals surface area contributed by atoms with Gasteiger partial charge in [0, 0.05) is 54.7 Å². The first-order valence-electron chi connectivity index (χ1n) is 16.2. The molecule has 12 nitrogen and oxygen atoms in total. The average Bonchev–Trinajstić information content (AvgIpc) is 3.48. The van der Waals surface area contributed by atoms with Crippen LogP contribution in [-0.4, -0.2) is 71.8 Å². The molecule has 1 saturated carbocycles. The second-order valence-corrected chi connectivity index (χ2v) is 13.8. The summed E-state index contributed by atoms with van der Waals surface area (Å²) in [4.78, 5) is 68.2. The third-order valence-electron chi connectivity index (χ3n) is 9.64. The Morgan fingerprint density at radius 2 is 1.90 bits per heavy atom. The molecule has 1 aliphatic carbocycles. The number of rotatable bonds is 4. The van der Waals surface area contributed by atoms with Crippen LogP contribution in [0.15, 0.2) is 53.4 Å². The van der Waals surface area contributed by atoms with Crippen LogP contribution in [0.1, 0.15) is 60.9 Å². The second-order valence-electron chi connectivity index (χ2n) is 13.0. The number of halogens is 2. The highest BCUT2D eigenvalue weighted by atomic mass is 79.9. The van der Waals surface area contributed by atoms with Crippen LogP contribution >= 0.6 is 15.9 Å². The summed E-state index contributed by atoms with van der Waals surface area (Å²) in [6.45, 7) is 3.39. The van der Waals surface area contributed by atoms with Gasteiger partial charge in [-0.05, 0) is 90.4 Å². The molecule has 14 heteroatoms. The first-order chi connectivity index (χ1) is 23.5. The number of carbonyl (C=O) groups is 4. The van der Waals surface area contributed by atoms with Crippen LogP contribution in [0.4, 0.5) is 10.2 Å². The number of pyridine rings is 1. The van der Waals surface area contributed by atoms with Crippen LogP contribution in [0.3, 0.4) is 0 Å². The molecular formula is C35H34BrFN8O4. The van der Waals surface area contributed by atoms with Crippen LogP contribution in [0.5, 0.6) is 0 Å². The fourth-order valence-corrected chi connectivity index (χ4v) is 7.41. The van der Waals surface area contributed by atoms with Crippen LogP contribution < -0.4 is 10.6 Å². The van der Waals surface area contributed by atoms with Crippen molar-refractivity contribution in [2.75, 3.05) is 11.9 Å². The average molecular weight is 730 g/mol. The Kier molecular flexibility index (Phi) is 8.59. The molecule has 3 atom stereocenters. The molecule has 0 radical (unpaired) electrons. The highest BCUT2D eigenvalue weighted by Gasteiger charge is 2.67. The fraction of sp³-hybridized carbons (Fsp3) is 0.371. The highest BCUT2D eigenvalue weighted by Crippen LogP contribution is 2.59. The summed E-state index contributed by atoms with van der Waals surface area (Å²) < 4.78 is 15.4. The van der Waals surface area contributed by atoms with Gasteiger partial charge in [0.1, 0.15) is 34.5 Å². The van der Waals surface area contributed by atoms with Gasteiger partial charge in [-0.15, -0.1) is 0 Å². The summed E-state index contributed by atoms with van der Waals surface area (Å²) in [6, 6.07) is 5.28. The van der Waals surface area contributed by atoms with E-state index in [1.54, 1.807) is 22.0 Å². The molecule has 49 heavy (non-hydrogen) atoms. The van der Waals surface area contributed by atoms with E-state index in [1.807, 2.05) is 31.2 Å². The van der Waals surface area contributed by atoms with E-state index in [0.29, 0.717) is 61.8 Å². The van der Waals surface area contributed by atoms with Gasteiger partial charge in [0.25, 0.3) is 0 Å². The van der Waals surface area contributed by atoms with Crippen LogP contribution in [0, 0.1) is 18.2 Å². The standard InChI is InChI=1S/C35H34BrFN8O4/c1-19(46)31-24-12-22(23-15-38-20(2)39-16-23)11-21-7-5-3-4-6-8-29(47)40-18-35-13-26(34(49)42-28-10-9-25(37)33(36)41-28)45(27(35)14-35)30(48)17-44(43-31)32(21)24/h3,5,9-12,15-16,26-27H,4,6-8,13-14,17-18H2,1-2H3,(H,40,47)(H,41,42,49)/b5-3+/t26-,27+,35-/m0/s1. The number of amides is 3. The van der Waals surface area contributed by atoms with E-state index < -0.39 is 23.2 Å². The monoisotopic (exact) mass is 728 g/mol. The number of ketones is 1. The number of aryl methyl sites for hydroxylation is 1. The van der Waals surface area contributed by atoms with Crippen LogP contribution in [0.25, 0.3) is 22.0 Å². The number of anilines is 1. The molecule has 1 aromatic carbocycles. The molecule has 1 saturated heterocycles. The second kappa shape index (κ2) is 12.9. The van der Waals surface area contributed by atoms with Crippen LogP contribution in [-0.2, 0) is 27.3 Å². The maximum Gasteiger partial charge on any atom is 0.248 e. The zero-order valence-electron chi connectivity index (χ0n) is 27.0. The molecule has 2 bridgehead atoms. The van der Waals surface area contributed by atoms with Gasteiger partial charge >= 0.3 is 0 Å². The zero-order chi connectivity index (χ0) is 34.4. The first kappa shape index (κ1) is 32.7. The number of Topliss-reactive ketones (excluding diaryl/α,β-unsaturated/α-hetero) is 1. The van der Waals surface area contributed by atoms with E-state index in [9.17, 15) is 23.6 Å². The molecule has 0 unspecified atom stereocenters. The maximum absolute atomic E-state index is 14.3. The Bertz CT molecular complexity index is 2050. The molecule has 4 aromatic rings. The van der Waals surface area contributed by atoms with E-state index in [2.05, 4.69) is 46.6 Å². The SMILES string of the molecule is CC(=O)c1nn2c3c(cc(-c4cnc(C)nc4)cc13)C/C=C/CCCC(=O)NC[C@@]13C[C@@H](C(=O)Nc4ccc(F)c(Br)n4)N(C(=O)C2)[C@@H]1C3. The number of nitrogens with one attached hydrogen (secondary N) is 2. The van der Waals surface area contributed by atoms with E-state index >= 15 is 0 Å². The summed E-state index contributed by atoms with van der Waals surface area (Å²) in [5.74, 6) is -0.920. The predicted molar refractivity (Wildman–Crippen MR) is 182 cm³/mol. The normalized spacial score (nSPS) is 23.1. The molecule has 7 rings (SSSR count). The number of nitrogens with zero attached hydrogens (tertiary/aromatic N) is 6. The molecule has 2 fully saturated rings. The molecular weight excluding hydrogens is 695 g/mol. The van der Waals surface area contributed by atoms with Crippen molar-refractivity contribution >= 4 is 56.2 Å². The Hall–Kier alpha value is -4.85. The Labute approximate surface area is 289 Å².